The molecule has 0 saturated heterocycles. The molecule has 1 fully saturated rings. The maximum atomic E-state index is 13.0. The van der Waals surface area contributed by atoms with Crippen molar-refractivity contribution in [3.05, 3.63) is 23.8 Å². The predicted molar refractivity (Wildman–Crippen MR) is 70.4 cm³/mol. The van der Waals surface area contributed by atoms with Gasteiger partial charge in [0.05, 0.1) is 36.8 Å². The first kappa shape index (κ1) is 14.4. The number of hydrogen-bond acceptors (Lipinski definition) is 3. The summed E-state index contributed by atoms with van der Waals surface area (Å²) in [5, 5.41) is 5.53. The lowest BCUT2D eigenvalue weighted by Crippen LogP contribution is -2.28. The molecule has 2 aliphatic rings. The Morgan fingerprint density at radius 3 is 2.05 bits per heavy atom. The van der Waals surface area contributed by atoms with Gasteiger partial charge in [0.25, 0.3) is 0 Å². The quantitative estimate of drug-likeness (QED) is 0.790. The lowest BCUT2D eigenvalue weighted by Gasteiger charge is -2.19. The highest BCUT2D eigenvalue weighted by Crippen LogP contribution is 2.82. The molecular weight excluding hydrogens is 277 g/mol. The molecule has 1 heterocycles. The third-order valence-corrected chi connectivity index (χ3v) is 4.02. The number of halogens is 2. The van der Waals surface area contributed by atoms with Crippen LogP contribution in [-0.2, 0) is 10.2 Å². The van der Waals surface area contributed by atoms with E-state index in [-0.39, 0.29) is 17.1 Å². The summed E-state index contributed by atoms with van der Waals surface area (Å²) >= 11 is 0. The molecular formula is C11H4B4F2O4. The van der Waals surface area contributed by atoms with Crippen molar-refractivity contribution >= 4 is 37.4 Å². The predicted octanol–water partition coefficient (Wildman–Crippen LogP) is 0.250. The van der Waals surface area contributed by atoms with Gasteiger partial charge >= 0.3 is 12.3 Å². The summed E-state index contributed by atoms with van der Waals surface area (Å²) in [6.45, 7) is 0. The van der Waals surface area contributed by atoms with Gasteiger partial charge in [0.1, 0.15) is 0 Å². The van der Waals surface area contributed by atoms with Crippen molar-refractivity contribution in [1.29, 1.82) is 0 Å². The molecule has 0 aromatic heterocycles. The summed E-state index contributed by atoms with van der Waals surface area (Å²) < 4.78 is 34.4. The topological polar surface area (TPSA) is 55.8 Å². The van der Waals surface area contributed by atoms with Crippen LogP contribution in [0.15, 0.2) is 18.2 Å². The Kier molecular flexibility index (Phi) is 2.46. The second-order valence-corrected chi connectivity index (χ2v) is 5.12. The minimum Gasteiger partial charge on any atom is -0.481 e. The Bertz CT molecular complexity index is 648. The summed E-state index contributed by atoms with van der Waals surface area (Å²) in [6, 6.07) is 3.34. The molecule has 1 N–H and O–H groups in total. The van der Waals surface area contributed by atoms with Gasteiger partial charge in [-0.3, -0.25) is 4.79 Å². The van der Waals surface area contributed by atoms with Crippen LogP contribution >= 0.6 is 0 Å². The van der Waals surface area contributed by atoms with Crippen molar-refractivity contribution in [3.63, 3.8) is 0 Å². The van der Waals surface area contributed by atoms with Crippen LogP contribution in [0.4, 0.5) is 8.78 Å². The van der Waals surface area contributed by atoms with Crippen LogP contribution in [0, 0.1) is 0 Å². The first-order valence-electron chi connectivity index (χ1n) is 5.76. The minimum atomic E-state index is -3.83. The van der Waals surface area contributed by atoms with E-state index in [0.717, 1.165) is 12.1 Å². The van der Waals surface area contributed by atoms with Gasteiger partial charge in [-0.25, -0.2) is 0 Å². The fourth-order valence-corrected chi connectivity index (χ4v) is 2.80. The summed E-state index contributed by atoms with van der Waals surface area (Å²) in [5.74, 6) is -2.07. The number of hydrogen-bond donors (Lipinski definition) is 1. The molecule has 0 amide bonds. The molecule has 4 nitrogen and oxygen atoms in total. The van der Waals surface area contributed by atoms with Gasteiger partial charge in [-0.2, -0.15) is 0 Å². The van der Waals surface area contributed by atoms with Gasteiger partial charge in [0, 0.05) is 0 Å². The maximum Gasteiger partial charge on any atom is 0.586 e. The zero-order chi connectivity index (χ0) is 15.8. The number of fused-ring (bicyclic) bond motifs is 1. The minimum absolute atomic E-state index is 0.0509. The molecule has 1 aliphatic heterocycles. The molecule has 0 unspecified atom stereocenters. The van der Waals surface area contributed by atoms with Crippen molar-refractivity contribution in [2.75, 3.05) is 0 Å². The SMILES string of the molecule is [B]C1([B])C([B])([B])C1(C(=O)O)c1ccc2c(c1)OC(F)(F)O2. The van der Waals surface area contributed by atoms with Crippen LogP contribution < -0.4 is 9.47 Å². The standard InChI is InChI=1S/C11H4B4F2O4/c12-9(13)8(7(18)19,10(9,14)15)4-1-2-5-6(3-4)21-11(16,17)20-5/h1-3H,(H,18,19). The number of carboxylic acid groups (broad SMARTS) is 1. The first-order chi connectivity index (χ1) is 9.47. The van der Waals surface area contributed by atoms with Crippen molar-refractivity contribution in [3.8, 4) is 11.5 Å². The number of aliphatic carboxylic acids is 1. The van der Waals surface area contributed by atoms with Gasteiger partial charge in [0.2, 0.25) is 0 Å². The van der Waals surface area contributed by atoms with E-state index in [4.69, 9.17) is 31.4 Å². The zero-order valence-electron chi connectivity index (χ0n) is 10.5. The molecule has 8 radical (unpaired) electrons. The summed E-state index contributed by atoms with van der Waals surface area (Å²) in [6.07, 6.45) is -3.83. The van der Waals surface area contributed by atoms with Crippen LogP contribution in [-0.4, -0.2) is 48.8 Å². The van der Waals surface area contributed by atoms with Crippen LogP contribution in [0.1, 0.15) is 5.56 Å². The van der Waals surface area contributed by atoms with Crippen molar-refractivity contribution in [2.45, 2.75) is 22.1 Å². The van der Waals surface area contributed by atoms with Crippen molar-refractivity contribution < 1.29 is 28.2 Å². The molecule has 0 bridgehead atoms. The molecule has 1 aliphatic carbocycles. The Morgan fingerprint density at radius 2 is 1.57 bits per heavy atom. The third kappa shape index (κ3) is 1.45. The Morgan fingerprint density at radius 1 is 1.05 bits per heavy atom. The molecule has 1 aromatic carbocycles. The fourth-order valence-electron chi connectivity index (χ4n) is 2.80. The van der Waals surface area contributed by atoms with Gasteiger partial charge in [-0.05, 0) is 17.7 Å². The number of rotatable bonds is 2. The number of alkyl halides is 2. The van der Waals surface area contributed by atoms with Crippen LogP contribution in [0.25, 0.3) is 0 Å². The molecule has 98 valence electrons. The Balaban J connectivity index is 2.13. The maximum absolute atomic E-state index is 13.0. The number of carbonyl (C=O) groups is 1. The van der Waals surface area contributed by atoms with E-state index in [1.54, 1.807) is 0 Å². The Hall–Kier alpha value is -1.59. The van der Waals surface area contributed by atoms with E-state index >= 15 is 0 Å². The van der Waals surface area contributed by atoms with Crippen LogP contribution in [0.2, 0.25) is 10.4 Å². The molecule has 21 heavy (non-hydrogen) atoms. The highest BCUT2D eigenvalue weighted by Gasteiger charge is 2.79. The molecule has 1 saturated carbocycles. The normalized spacial score (nSPS) is 25.2. The van der Waals surface area contributed by atoms with E-state index in [2.05, 4.69) is 9.47 Å². The summed E-state index contributed by atoms with van der Waals surface area (Å²) in [5.41, 5.74) is -2.08. The summed E-state index contributed by atoms with van der Waals surface area (Å²) in [7, 11) is 22.7. The van der Waals surface area contributed by atoms with Gasteiger partial charge in [0.15, 0.2) is 11.5 Å². The van der Waals surface area contributed by atoms with E-state index in [1.165, 1.54) is 6.07 Å². The van der Waals surface area contributed by atoms with Crippen LogP contribution in [0.3, 0.4) is 0 Å². The molecule has 1 aromatic rings. The van der Waals surface area contributed by atoms with Gasteiger partial charge in [-0.1, -0.05) is 16.5 Å². The first-order valence-corrected chi connectivity index (χ1v) is 5.76. The van der Waals surface area contributed by atoms with Crippen LogP contribution in [0.5, 0.6) is 11.5 Å². The van der Waals surface area contributed by atoms with Crippen molar-refractivity contribution in [2.24, 2.45) is 0 Å². The lowest BCUT2D eigenvalue weighted by molar-refractivity contribution is -0.286. The average molecular weight is 281 g/mol. The fraction of sp³-hybridized carbons (Fsp3) is 0.364. The number of carboxylic acids is 1. The lowest BCUT2D eigenvalue weighted by atomic mass is 9.49. The van der Waals surface area contributed by atoms with E-state index in [1.807, 2.05) is 0 Å². The molecule has 0 atom stereocenters. The third-order valence-electron chi connectivity index (χ3n) is 4.02. The second-order valence-electron chi connectivity index (χ2n) is 5.12. The second kappa shape index (κ2) is 3.59. The Labute approximate surface area is 123 Å². The van der Waals surface area contributed by atoms with Gasteiger partial charge < -0.3 is 14.6 Å². The molecule has 10 heteroatoms. The average Bonchev–Trinajstić information content (AvgIpc) is 2.57. The largest absolute Gasteiger partial charge is 0.586 e. The van der Waals surface area contributed by atoms with E-state index in [9.17, 15) is 18.7 Å². The highest BCUT2D eigenvalue weighted by atomic mass is 19.3. The molecule has 3 rings (SSSR count). The highest BCUT2D eigenvalue weighted by molar-refractivity contribution is 6.64. The molecule has 0 spiro atoms. The smallest absolute Gasteiger partial charge is 0.481 e. The monoisotopic (exact) mass is 282 g/mol. The number of ether oxygens (including phenoxy) is 2. The summed E-state index contributed by atoms with van der Waals surface area (Å²) in [4.78, 5) is 11.6. The van der Waals surface area contributed by atoms with Crippen molar-refractivity contribution in [1.82, 2.24) is 0 Å². The van der Waals surface area contributed by atoms with E-state index in [0.29, 0.717) is 0 Å². The van der Waals surface area contributed by atoms with E-state index < -0.39 is 28.1 Å². The van der Waals surface area contributed by atoms with Gasteiger partial charge in [-0.15, -0.1) is 8.78 Å². The number of benzene rings is 1. The zero-order valence-corrected chi connectivity index (χ0v) is 10.5.